The summed E-state index contributed by atoms with van der Waals surface area (Å²) in [6.07, 6.45) is 0. The molecule has 0 aliphatic carbocycles. The Labute approximate surface area is 81.8 Å². The van der Waals surface area contributed by atoms with Crippen LogP contribution >= 0.6 is 0 Å². The van der Waals surface area contributed by atoms with Crippen molar-refractivity contribution in [3.05, 3.63) is 35.9 Å². The van der Waals surface area contributed by atoms with E-state index < -0.39 is 5.97 Å². The molecule has 0 aliphatic rings. The smallest absolute Gasteiger partial charge is 0.358 e. The Morgan fingerprint density at radius 1 is 1.43 bits per heavy atom. The SMILES string of the molecule is CCON=C(C(=O)O)c1ccccc1. The second-order valence-electron chi connectivity index (χ2n) is 2.53. The molecule has 1 aromatic rings. The van der Waals surface area contributed by atoms with E-state index in [2.05, 4.69) is 5.16 Å². The molecule has 0 heterocycles. The summed E-state index contributed by atoms with van der Waals surface area (Å²) < 4.78 is 0. The maximum atomic E-state index is 10.8. The van der Waals surface area contributed by atoms with Crippen molar-refractivity contribution in [3.8, 4) is 0 Å². The fourth-order valence-electron chi connectivity index (χ4n) is 0.940. The number of carbonyl (C=O) groups is 1. The highest BCUT2D eigenvalue weighted by molar-refractivity contribution is 6.42. The van der Waals surface area contributed by atoms with Gasteiger partial charge in [0.15, 0.2) is 5.71 Å². The van der Waals surface area contributed by atoms with Gasteiger partial charge in [0.2, 0.25) is 0 Å². The van der Waals surface area contributed by atoms with Crippen LogP contribution in [0.1, 0.15) is 12.5 Å². The Bertz CT molecular complexity index is 332. The van der Waals surface area contributed by atoms with Gasteiger partial charge in [-0.15, -0.1) is 0 Å². The molecule has 14 heavy (non-hydrogen) atoms. The van der Waals surface area contributed by atoms with E-state index in [0.29, 0.717) is 12.2 Å². The third kappa shape index (κ3) is 2.58. The number of carboxylic acid groups (broad SMARTS) is 1. The molecule has 4 nitrogen and oxygen atoms in total. The molecule has 0 amide bonds. The average molecular weight is 193 g/mol. The van der Waals surface area contributed by atoms with E-state index in [1.807, 2.05) is 6.07 Å². The number of carboxylic acids is 1. The third-order valence-corrected chi connectivity index (χ3v) is 1.53. The molecule has 0 aromatic heterocycles. The maximum absolute atomic E-state index is 10.8. The van der Waals surface area contributed by atoms with Crippen molar-refractivity contribution >= 4 is 11.7 Å². The molecule has 4 heteroatoms. The number of benzene rings is 1. The summed E-state index contributed by atoms with van der Waals surface area (Å²) in [6.45, 7) is 2.09. The predicted octanol–water partition coefficient (Wildman–Crippen LogP) is 1.51. The Hall–Kier alpha value is -1.84. The fraction of sp³-hybridized carbons (Fsp3) is 0.200. The van der Waals surface area contributed by atoms with Crippen LogP contribution in [0.15, 0.2) is 35.5 Å². The highest BCUT2D eigenvalue weighted by Gasteiger charge is 2.12. The lowest BCUT2D eigenvalue weighted by Gasteiger charge is -2.00. The number of rotatable bonds is 4. The highest BCUT2D eigenvalue weighted by Crippen LogP contribution is 2.02. The van der Waals surface area contributed by atoms with Crippen molar-refractivity contribution < 1.29 is 14.7 Å². The molecule has 74 valence electrons. The molecule has 0 atom stereocenters. The summed E-state index contributed by atoms with van der Waals surface area (Å²) in [5.74, 6) is -1.09. The van der Waals surface area contributed by atoms with E-state index in [9.17, 15) is 4.79 Å². The number of hydrogen-bond acceptors (Lipinski definition) is 3. The molecule has 1 aromatic carbocycles. The summed E-state index contributed by atoms with van der Waals surface area (Å²) in [4.78, 5) is 15.5. The average Bonchev–Trinajstić information content (AvgIpc) is 2.19. The standard InChI is InChI=1S/C10H11NO3/c1-2-14-11-9(10(12)13)8-6-4-3-5-7-8/h3-7H,2H2,1H3,(H,12,13). The molecule has 1 N–H and O–H groups in total. The van der Waals surface area contributed by atoms with Crippen LogP contribution in [0.5, 0.6) is 0 Å². The van der Waals surface area contributed by atoms with Gasteiger partial charge in [0.25, 0.3) is 0 Å². The largest absolute Gasteiger partial charge is 0.476 e. The van der Waals surface area contributed by atoms with Gasteiger partial charge in [-0.05, 0) is 6.92 Å². The van der Waals surface area contributed by atoms with Crippen LogP contribution in [0.4, 0.5) is 0 Å². The molecule has 1 rings (SSSR count). The second kappa shape index (κ2) is 5.01. The van der Waals surface area contributed by atoms with Crippen molar-refractivity contribution in [2.45, 2.75) is 6.92 Å². The van der Waals surface area contributed by atoms with Gasteiger partial charge in [-0.1, -0.05) is 35.5 Å². The molecule has 0 radical (unpaired) electrons. The van der Waals surface area contributed by atoms with Gasteiger partial charge in [0, 0.05) is 5.56 Å². The molecule has 0 unspecified atom stereocenters. The lowest BCUT2D eigenvalue weighted by atomic mass is 10.1. The van der Waals surface area contributed by atoms with Crippen molar-refractivity contribution in [3.63, 3.8) is 0 Å². The zero-order valence-electron chi connectivity index (χ0n) is 7.80. The molecule has 0 bridgehead atoms. The molecule has 0 spiro atoms. The van der Waals surface area contributed by atoms with Crippen LogP contribution in [0.2, 0.25) is 0 Å². The van der Waals surface area contributed by atoms with Gasteiger partial charge in [-0.3, -0.25) is 0 Å². The van der Waals surface area contributed by atoms with Gasteiger partial charge >= 0.3 is 5.97 Å². The Morgan fingerprint density at radius 3 is 2.57 bits per heavy atom. The van der Waals surface area contributed by atoms with E-state index in [-0.39, 0.29) is 5.71 Å². The maximum Gasteiger partial charge on any atom is 0.358 e. The quantitative estimate of drug-likeness (QED) is 0.582. The van der Waals surface area contributed by atoms with Crippen molar-refractivity contribution in [1.29, 1.82) is 0 Å². The fourth-order valence-corrected chi connectivity index (χ4v) is 0.940. The first-order valence-corrected chi connectivity index (χ1v) is 4.24. The van der Waals surface area contributed by atoms with Gasteiger partial charge in [-0.2, -0.15) is 0 Å². The first-order chi connectivity index (χ1) is 6.75. The highest BCUT2D eigenvalue weighted by atomic mass is 16.6. The minimum absolute atomic E-state index is 0.0764. The van der Waals surface area contributed by atoms with Gasteiger partial charge < -0.3 is 9.94 Å². The van der Waals surface area contributed by atoms with Crippen LogP contribution in [0, 0.1) is 0 Å². The first-order valence-electron chi connectivity index (χ1n) is 4.24. The molecule has 0 aliphatic heterocycles. The zero-order chi connectivity index (χ0) is 10.4. The summed E-state index contributed by atoms with van der Waals surface area (Å²) in [5, 5.41) is 12.4. The second-order valence-corrected chi connectivity index (χ2v) is 2.53. The minimum atomic E-state index is -1.09. The van der Waals surface area contributed by atoms with Crippen LogP contribution in [-0.4, -0.2) is 23.4 Å². The number of aliphatic carboxylic acids is 1. The zero-order valence-corrected chi connectivity index (χ0v) is 7.80. The lowest BCUT2D eigenvalue weighted by molar-refractivity contribution is -0.129. The van der Waals surface area contributed by atoms with Gasteiger partial charge in [0.1, 0.15) is 6.61 Å². The third-order valence-electron chi connectivity index (χ3n) is 1.53. The van der Waals surface area contributed by atoms with E-state index in [4.69, 9.17) is 9.94 Å². The van der Waals surface area contributed by atoms with Gasteiger partial charge in [-0.25, -0.2) is 4.79 Å². The normalized spacial score (nSPS) is 11.1. The van der Waals surface area contributed by atoms with Crippen LogP contribution in [0.3, 0.4) is 0 Å². The lowest BCUT2D eigenvalue weighted by Crippen LogP contribution is -2.14. The summed E-state index contributed by atoms with van der Waals surface area (Å²) >= 11 is 0. The van der Waals surface area contributed by atoms with E-state index in [1.165, 1.54) is 0 Å². The number of oxime groups is 1. The monoisotopic (exact) mass is 193 g/mol. The van der Waals surface area contributed by atoms with Crippen molar-refractivity contribution in [2.24, 2.45) is 5.16 Å². The molecular formula is C10H11NO3. The first kappa shape index (κ1) is 10.2. The topological polar surface area (TPSA) is 58.9 Å². The van der Waals surface area contributed by atoms with Crippen LogP contribution in [-0.2, 0) is 9.63 Å². The molecular weight excluding hydrogens is 182 g/mol. The minimum Gasteiger partial charge on any atom is -0.476 e. The van der Waals surface area contributed by atoms with E-state index >= 15 is 0 Å². The Morgan fingerprint density at radius 2 is 2.07 bits per heavy atom. The van der Waals surface area contributed by atoms with E-state index in [1.54, 1.807) is 31.2 Å². The van der Waals surface area contributed by atoms with Crippen LogP contribution in [0.25, 0.3) is 0 Å². The Balaban J connectivity index is 2.95. The predicted molar refractivity (Wildman–Crippen MR) is 52.2 cm³/mol. The molecule has 0 saturated heterocycles. The number of hydrogen-bond donors (Lipinski definition) is 1. The van der Waals surface area contributed by atoms with Crippen molar-refractivity contribution in [2.75, 3.05) is 6.61 Å². The molecule has 0 fully saturated rings. The summed E-state index contributed by atoms with van der Waals surface area (Å²) in [5.41, 5.74) is 0.459. The van der Waals surface area contributed by atoms with Gasteiger partial charge in [0.05, 0.1) is 0 Å². The number of nitrogens with zero attached hydrogens (tertiary/aromatic N) is 1. The van der Waals surface area contributed by atoms with Crippen LogP contribution < -0.4 is 0 Å². The Kier molecular flexibility index (Phi) is 3.67. The summed E-state index contributed by atoms with van der Waals surface area (Å²) in [6, 6.07) is 8.65. The van der Waals surface area contributed by atoms with Crippen molar-refractivity contribution in [1.82, 2.24) is 0 Å². The van der Waals surface area contributed by atoms with E-state index in [0.717, 1.165) is 0 Å². The molecule has 0 saturated carbocycles. The summed E-state index contributed by atoms with van der Waals surface area (Å²) in [7, 11) is 0.